The van der Waals surface area contributed by atoms with Gasteiger partial charge < -0.3 is 5.32 Å². The molecule has 4 aromatic carbocycles. The van der Waals surface area contributed by atoms with Crippen LogP contribution in [0.15, 0.2) is 84.9 Å². The summed E-state index contributed by atoms with van der Waals surface area (Å²) in [5, 5.41) is 6.29. The Morgan fingerprint density at radius 1 is 0.778 bits per heavy atom. The molecule has 27 heavy (non-hydrogen) atoms. The SMILES string of the molecule is CCCc1c(-c2ccccc2)cc2ccccc2c1Nc1ccc(C)cc1. The summed E-state index contributed by atoms with van der Waals surface area (Å²) in [7, 11) is 0. The number of fused-ring (bicyclic) bond motifs is 1. The van der Waals surface area contributed by atoms with Crippen LogP contribution in [-0.4, -0.2) is 0 Å². The molecule has 0 bridgehead atoms. The standard InChI is InChI=1S/C26H25N/c1-3-9-24-25(20-10-5-4-6-11-20)18-21-12-7-8-13-23(21)26(24)27-22-16-14-19(2)15-17-22/h4-8,10-18,27H,3,9H2,1-2H3. The van der Waals surface area contributed by atoms with Gasteiger partial charge in [0.15, 0.2) is 0 Å². The van der Waals surface area contributed by atoms with Crippen LogP contribution in [0, 0.1) is 6.92 Å². The Morgan fingerprint density at radius 3 is 2.22 bits per heavy atom. The highest BCUT2D eigenvalue weighted by Crippen LogP contribution is 2.38. The first-order valence-corrected chi connectivity index (χ1v) is 9.70. The normalized spacial score (nSPS) is 10.9. The molecule has 1 N–H and O–H groups in total. The van der Waals surface area contributed by atoms with Crippen molar-refractivity contribution in [1.29, 1.82) is 0 Å². The molecule has 0 aliphatic heterocycles. The Bertz CT molecular complexity index is 1050. The summed E-state index contributed by atoms with van der Waals surface area (Å²) < 4.78 is 0. The molecular formula is C26H25N. The number of hydrogen-bond acceptors (Lipinski definition) is 1. The average Bonchev–Trinajstić information content (AvgIpc) is 2.72. The summed E-state index contributed by atoms with van der Waals surface area (Å²) in [5.41, 5.74) is 7.63. The molecule has 4 aromatic rings. The smallest absolute Gasteiger partial charge is 0.0502 e. The summed E-state index contributed by atoms with van der Waals surface area (Å²) >= 11 is 0. The minimum Gasteiger partial charge on any atom is -0.355 e. The van der Waals surface area contributed by atoms with Gasteiger partial charge in [-0.25, -0.2) is 0 Å². The summed E-state index contributed by atoms with van der Waals surface area (Å²) in [6.45, 7) is 4.37. The van der Waals surface area contributed by atoms with Crippen LogP contribution in [0.25, 0.3) is 21.9 Å². The zero-order chi connectivity index (χ0) is 18.6. The molecule has 0 unspecified atom stereocenters. The van der Waals surface area contributed by atoms with E-state index >= 15 is 0 Å². The molecule has 4 rings (SSSR count). The van der Waals surface area contributed by atoms with Crippen molar-refractivity contribution in [1.82, 2.24) is 0 Å². The van der Waals surface area contributed by atoms with Crippen LogP contribution >= 0.6 is 0 Å². The Hall–Kier alpha value is -3.06. The third-order valence-corrected chi connectivity index (χ3v) is 5.06. The topological polar surface area (TPSA) is 12.0 Å². The Kier molecular flexibility index (Phi) is 4.93. The monoisotopic (exact) mass is 351 g/mol. The lowest BCUT2D eigenvalue weighted by molar-refractivity contribution is 0.927. The maximum atomic E-state index is 3.74. The van der Waals surface area contributed by atoms with E-state index in [0.717, 1.165) is 18.5 Å². The van der Waals surface area contributed by atoms with Gasteiger partial charge in [0.1, 0.15) is 0 Å². The van der Waals surface area contributed by atoms with Crippen molar-refractivity contribution in [3.8, 4) is 11.1 Å². The van der Waals surface area contributed by atoms with E-state index in [1.54, 1.807) is 0 Å². The van der Waals surface area contributed by atoms with Crippen molar-refractivity contribution < 1.29 is 0 Å². The molecule has 0 atom stereocenters. The fourth-order valence-electron chi connectivity index (χ4n) is 3.70. The fourth-order valence-corrected chi connectivity index (χ4v) is 3.70. The number of hydrogen-bond donors (Lipinski definition) is 1. The zero-order valence-corrected chi connectivity index (χ0v) is 16.0. The predicted octanol–water partition coefficient (Wildman–Crippen LogP) is 7.51. The van der Waals surface area contributed by atoms with Crippen LogP contribution in [-0.2, 0) is 6.42 Å². The second-order valence-electron chi connectivity index (χ2n) is 7.11. The van der Waals surface area contributed by atoms with Crippen molar-refractivity contribution >= 4 is 22.1 Å². The summed E-state index contributed by atoms with van der Waals surface area (Å²) in [4.78, 5) is 0. The molecule has 0 spiro atoms. The van der Waals surface area contributed by atoms with Gasteiger partial charge in [-0.2, -0.15) is 0 Å². The van der Waals surface area contributed by atoms with Gasteiger partial charge in [0.2, 0.25) is 0 Å². The molecular weight excluding hydrogens is 326 g/mol. The van der Waals surface area contributed by atoms with Crippen LogP contribution in [0.1, 0.15) is 24.5 Å². The third kappa shape index (κ3) is 3.59. The van der Waals surface area contributed by atoms with Crippen molar-refractivity contribution in [2.45, 2.75) is 26.7 Å². The number of rotatable bonds is 5. The highest BCUT2D eigenvalue weighted by atomic mass is 14.9. The first kappa shape index (κ1) is 17.4. The van der Waals surface area contributed by atoms with E-state index < -0.39 is 0 Å². The first-order valence-electron chi connectivity index (χ1n) is 9.70. The van der Waals surface area contributed by atoms with Crippen LogP contribution in [0.5, 0.6) is 0 Å². The highest BCUT2D eigenvalue weighted by molar-refractivity contribution is 6.01. The van der Waals surface area contributed by atoms with E-state index in [9.17, 15) is 0 Å². The van der Waals surface area contributed by atoms with E-state index in [1.807, 2.05) is 0 Å². The van der Waals surface area contributed by atoms with Crippen molar-refractivity contribution in [2.75, 3.05) is 5.32 Å². The molecule has 0 aromatic heterocycles. The van der Waals surface area contributed by atoms with Crippen LogP contribution < -0.4 is 5.32 Å². The van der Waals surface area contributed by atoms with Gasteiger partial charge in [-0.05, 0) is 53.6 Å². The highest BCUT2D eigenvalue weighted by Gasteiger charge is 2.14. The van der Waals surface area contributed by atoms with E-state index in [-0.39, 0.29) is 0 Å². The number of aryl methyl sites for hydroxylation is 1. The minimum atomic E-state index is 1.04. The molecule has 0 heterocycles. The minimum absolute atomic E-state index is 1.04. The second-order valence-corrected chi connectivity index (χ2v) is 7.11. The largest absolute Gasteiger partial charge is 0.355 e. The van der Waals surface area contributed by atoms with Crippen molar-refractivity contribution in [3.05, 3.63) is 96.1 Å². The molecule has 0 saturated heterocycles. The Balaban J connectivity index is 1.96. The second kappa shape index (κ2) is 7.67. The van der Waals surface area contributed by atoms with Crippen molar-refractivity contribution in [2.24, 2.45) is 0 Å². The van der Waals surface area contributed by atoms with E-state index in [1.165, 1.54) is 38.7 Å². The molecule has 0 radical (unpaired) electrons. The molecule has 0 saturated carbocycles. The van der Waals surface area contributed by atoms with Gasteiger partial charge in [-0.1, -0.05) is 85.6 Å². The maximum Gasteiger partial charge on any atom is 0.0502 e. The molecule has 1 nitrogen and oxygen atoms in total. The summed E-state index contributed by atoms with van der Waals surface area (Å²) in [6.07, 6.45) is 2.16. The van der Waals surface area contributed by atoms with E-state index in [4.69, 9.17) is 0 Å². The van der Waals surface area contributed by atoms with Gasteiger partial charge in [-0.15, -0.1) is 0 Å². The van der Waals surface area contributed by atoms with E-state index in [2.05, 4.69) is 104 Å². The average molecular weight is 351 g/mol. The molecule has 1 heteroatoms. The lowest BCUT2D eigenvalue weighted by atomic mass is 9.91. The maximum absolute atomic E-state index is 3.74. The van der Waals surface area contributed by atoms with Crippen molar-refractivity contribution in [3.63, 3.8) is 0 Å². The fraction of sp³-hybridized carbons (Fsp3) is 0.154. The Labute approximate surface area is 161 Å². The van der Waals surface area contributed by atoms with Gasteiger partial charge in [0.05, 0.1) is 5.69 Å². The number of nitrogens with one attached hydrogen (secondary N) is 1. The summed E-state index contributed by atoms with van der Waals surface area (Å²) in [5.74, 6) is 0. The number of benzene rings is 4. The molecule has 0 aliphatic carbocycles. The van der Waals surface area contributed by atoms with Crippen LogP contribution in [0.3, 0.4) is 0 Å². The molecule has 0 fully saturated rings. The zero-order valence-electron chi connectivity index (χ0n) is 16.0. The summed E-state index contributed by atoms with van der Waals surface area (Å²) in [6, 6.07) is 30.4. The lowest BCUT2D eigenvalue weighted by Crippen LogP contribution is -2.00. The van der Waals surface area contributed by atoms with Gasteiger partial charge in [0.25, 0.3) is 0 Å². The lowest BCUT2D eigenvalue weighted by Gasteiger charge is -2.20. The van der Waals surface area contributed by atoms with E-state index in [0.29, 0.717) is 0 Å². The quantitative estimate of drug-likeness (QED) is 0.392. The van der Waals surface area contributed by atoms with Gasteiger partial charge in [-0.3, -0.25) is 0 Å². The molecule has 0 aliphatic rings. The molecule has 134 valence electrons. The van der Waals surface area contributed by atoms with Gasteiger partial charge in [0, 0.05) is 11.1 Å². The molecule has 0 amide bonds. The Morgan fingerprint density at radius 2 is 1.48 bits per heavy atom. The van der Waals surface area contributed by atoms with Crippen LogP contribution in [0.4, 0.5) is 11.4 Å². The van der Waals surface area contributed by atoms with Crippen LogP contribution in [0.2, 0.25) is 0 Å². The number of anilines is 2. The predicted molar refractivity (Wildman–Crippen MR) is 118 cm³/mol. The third-order valence-electron chi connectivity index (χ3n) is 5.06. The first-order chi connectivity index (χ1) is 13.3. The van der Waals surface area contributed by atoms with Gasteiger partial charge >= 0.3 is 0 Å².